The molecule has 268 valence electrons. The topological polar surface area (TPSA) is 16.4 Å². The molecule has 0 unspecified atom stereocenters. The molecule has 0 saturated heterocycles. The summed E-state index contributed by atoms with van der Waals surface area (Å²) in [6.07, 6.45) is 0. The largest absolute Gasteiger partial charge is 0.456 e. The number of hydrogen-bond acceptors (Lipinski definition) is 2. The second kappa shape index (κ2) is 11.9. The highest BCUT2D eigenvalue weighted by Gasteiger charge is 2.39. The quantitative estimate of drug-likeness (QED) is 0.176. The molecule has 1 heterocycles. The second-order valence-corrected chi connectivity index (χ2v) is 16.4. The Balaban J connectivity index is 1.19. The van der Waals surface area contributed by atoms with Crippen LogP contribution in [0, 0.1) is 0 Å². The highest BCUT2D eigenvalue weighted by molar-refractivity contribution is 6.14. The number of para-hydroxylation sites is 2. The van der Waals surface area contributed by atoms with Crippen molar-refractivity contribution in [1.29, 1.82) is 0 Å². The van der Waals surface area contributed by atoms with E-state index in [1.54, 1.807) is 0 Å². The van der Waals surface area contributed by atoms with Crippen molar-refractivity contribution in [2.24, 2.45) is 0 Å². The number of furan rings is 1. The molecule has 0 radical (unpaired) electrons. The van der Waals surface area contributed by atoms with Gasteiger partial charge in [-0.25, -0.2) is 0 Å². The molecule has 2 nitrogen and oxygen atoms in total. The van der Waals surface area contributed by atoms with Gasteiger partial charge < -0.3 is 9.32 Å². The van der Waals surface area contributed by atoms with Gasteiger partial charge in [0.25, 0.3) is 0 Å². The van der Waals surface area contributed by atoms with E-state index in [1.807, 2.05) is 6.07 Å². The molecule has 0 saturated carbocycles. The van der Waals surface area contributed by atoms with Crippen LogP contribution in [0.2, 0.25) is 0 Å². The number of rotatable bonds is 5. The molecule has 2 heteroatoms. The molecule has 0 amide bonds. The van der Waals surface area contributed by atoms with E-state index in [9.17, 15) is 0 Å². The fourth-order valence-electron chi connectivity index (χ4n) is 10.1. The SMILES string of the molecule is CC1(C)c2ccccc2-c2c(N(c3cccc(-c4cccc5c4C(C)(C)c4ccccc4-5)c3)c3ccccc3-c3cccc4oc5ccccc5c34)cccc21. The van der Waals surface area contributed by atoms with Gasteiger partial charge in [0.2, 0.25) is 0 Å². The molecule has 56 heavy (non-hydrogen) atoms. The average molecular weight is 720 g/mol. The van der Waals surface area contributed by atoms with Gasteiger partial charge in [-0.1, -0.05) is 167 Å². The maximum Gasteiger partial charge on any atom is 0.136 e. The average Bonchev–Trinajstić information content (AvgIpc) is 3.82. The van der Waals surface area contributed by atoms with Crippen LogP contribution in [-0.2, 0) is 10.8 Å². The summed E-state index contributed by atoms with van der Waals surface area (Å²) in [7, 11) is 0. The lowest BCUT2D eigenvalue weighted by Gasteiger charge is -2.31. The van der Waals surface area contributed by atoms with Crippen molar-refractivity contribution >= 4 is 39.0 Å². The zero-order valence-corrected chi connectivity index (χ0v) is 32.1. The molecule has 0 atom stereocenters. The number of hydrogen-bond donors (Lipinski definition) is 0. The molecule has 0 bridgehead atoms. The van der Waals surface area contributed by atoms with E-state index in [2.05, 4.69) is 202 Å². The molecule has 0 spiro atoms. The first-order chi connectivity index (χ1) is 27.3. The van der Waals surface area contributed by atoms with Crippen molar-refractivity contribution in [3.8, 4) is 44.5 Å². The van der Waals surface area contributed by atoms with Crippen LogP contribution in [0.5, 0.6) is 0 Å². The monoisotopic (exact) mass is 719 g/mol. The summed E-state index contributed by atoms with van der Waals surface area (Å²) in [5, 5.41) is 2.26. The third-order valence-corrected chi connectivity index (χ3v) is 12.7. The normalized spacial score (nSPS) is 14.4. The van der Waals surface area contributed by atoms with E-state index >= 15 is 0 Å². The maximum atomic E-state index is 6.43. The van der Waals surface area contributed by atoms with Crippen LogP contribution in [0.25, 0.3) is 66.4 Å². The van der Waals surface area contributed by atoms with Gasteiger partial charge in [-0.2, -0.15) is 0 Å². The van der Waals surface area contributed by atoms with Gasteiger partial charge in [0.1, 0.15) is 11.2 Å². The standard InChI is InChI=1S/C54H41NO/c1-53(2)44-27-10-6-21-41(44)51-45(53)28-16-30-47(51)55(46-29-11-7-20-38(46)39-24-15-32-49-50(39)42-22-8-12-31-48(42)56-49)35-18-13-17-34(33-35)36-23-14-25-40-37-19-5-9-26-43(37)54(3,4)52(36)40/h5-33H,1-4H3. The Morgan fingerprint density at radius 2 is 0.982 bits per heavy atom. The van der Waals surface area contributed by atoms with Crippen LogP contribution in [-0.4, -0.2) is 0 Å². The minimum absolute atomic E-state index is 0.133. The van der Waals surface area contributed by atoms with Gasteiger partial charge in [-0.15, -0.1) is 0 Å². The van der Waals surface area contributed by atoms with E-state index in [4.69, 9.17) is 4.42 Å². The second-order valence-electron chi connectivity index (χ2n) is 16.4. The van der Waals surface area contributed by atoms with Crippen LogP contribution >= 0.6 is 0 Å². The molecule has 11 rings (SSSR count). The van der Waals surface area contributed by atoms with Crippen molar-refractivity contribution in [1.82, 2.24) is 0 Å². The summed E-state index contributed by atoms with van der Waals surface area (Å²) in [5.74, 6) is 0. The van der Waals surface area contributed by atoms with Crippen molar-refractivity contribution in [2.75, 3.05) is 4.90 Å². The van der Waals surface area contributed by atoms with Crippen LogP contribution in [0.1, 0.15) is 49.9 Å². The summed E-state index contributed by atoms with van der Waals surface area (Å²) >= 11 is 0. The molecule has 0 fully saturated rings. The molecule has 8 aromatic carbocycles. The zero-order chi connectivity index (χ0) is 37.8. The highest BCUT2D eigenvalue weighted by atomic mass is 16.3. The lowest BCUT2D eigenvalue weighted by Crippen LogP contribution is -2.17. The van der Waals surface area contributed by atoms with Crippen LogP contribution < -0.4 is 4.90 Å². The minimum Gasteiger partial charge on any atom is -0.456 e. The minimum atomic E-state index is -0.137. The Morgan fingerprint density at radius 1 is 0.411 bits per heavy atom. The van der Waals surface area contributed by atoms with Crippen LogP contribution in [0.15, 0.2) is 180 Å². The van der Waals surface area contributed by atoms with Crippen molar-refractivity contribution in [3.63, 3.8) is 0 Å². The summed E-state index contributed by atoms with van der Waals surface area (Å²) in [4.78, 5) is 2.51. The summed E-state index contributed by atoms with van der Waals surface area (Å²) in [6.45, 7) is 9.47. The van der Waals surface area contributed by atoms with Gasteiger partial charge in [-0.3, -0.25) is 0 Å². The Labute approximate surface area is 328 Å². The third-order valence-electron chi connectivity index (χ3n) is 12.7. The highest BCUT2D eigenvalue weighted by Crippen LogP contribution is 2.56. The Morgan fingerprint density at radius 3 is 1.84 bits per heavy atom. The van der Waals surface area contributed by atoms with E-state index < -0.39 is 0 Å². The van der Waals surface area contributed by atoms with Crippen molar-refractivity contribution in [2.45, 2.75) is 38.5 Å². The van der Waals surface area contributed by atoms with E-state index in [1.165, 1.54) is 61.3 Å². The summed E-state index contributed by atoms with van der Waals surface area (Å²) in [5.41, 5.74) is 20.4. The summed E-state index contributed by atoms with van der Waals surface area (Å²) < 4.78 is 6.43. The molecule has 0 N–H and O–H groups in total. The zero-order valence-electron chi connectivity index (χ0n) is 32.1. The molecular formula is C54H41NO. The van der Waals surface area contributed by atoms with Gasteiger partial charge in [0.05, 0.1) is 11.4 Å². The molecule has 9 aromatic rings. The number of nitrogens with zero attached hydrogens (tertiary/aromatic N) is 1. The molecule has 2 aliphatic rings. The lowest BCUT2D eigenvalue weighted by atomic mass is 9.79. The van der Waals surface area contributed by atoms with E-state index in [-0.39, 0.29) is 10.8 Å². The number of fused-ring (bicyclic) bond motifs is 9. The smallest absolute Gasteiger partial charge is 0.136 e. The number of anilines is 3. The lowest BCUT2D eigenvalue weighted by molar-refractivity contribution is 0.660. The maximum absolute atomic E-state index is 6.43. The third kappa shape index (κ3) is 4.56. The van der Waals surface area contributed by atoms with Crippen LogP contribution in [0.4, 0.5) is 17.1 Å². The predicted octanol–water partition coefficient (Wildman–Crippen LogP) is 15.0. The predicted molar refractivity (Wildman–Crippen MR) is 234 cm³/mol. The molecule has 2 aliphatic carbocycles. The molecular weight excluding hydrogens is 679 g/mol. The molecule has 1 aromatic heterocycles. The fraction of sp³-hybridized carbons (Fsp3) is 0.111. The van der Waals surface area contributed by atoms with Crippen molar-refractivity contribution in [3.05, 3.63) is 198 Å². The Kier molecular flexibility index (Phi) is 6.98. The van der Waals surface area contributed by atoms with Gasteiger partial charge in [-0.05, 0) is 92.0 Å². The first-order valence-corrected chi connectivity index (χ1v) is 19.7. The number of benzene rings is 8. The van der Waals surface area contributed by atoms with Gasteiger partial charge in [0, 0.05) is 38.4 Å². The van der Waals surface area contributed by atoms with Gasteiger partial charge >= 0.3 is 0 Å². The van der Waals surface area contributed by atoms with E-state index in [0.717, 1.165) is 44.4 Å². The van der Waals surface area contributed by atoms with Crippen molar-refractivity contribution < 1.29 is 4.42 Å². The van der Waals surface area contributed by atoms with E-state index in [0.29, 0.717) is 0 Å². The first kappa shape index (κ1) is 32.8. The van der Waals surface area contributed by atoms with Gasteiger partial charge in [0.15, 0.2) is 0 Å². The van der Waals surface area contributed by atoms with Crippen LogP contribution in [0.3, 0.4) is 0 Å². The first-order valence-electron chi connectivity index (χ1n) is 19.7. The Hall–Kier alpha value is -6.64. The molecule has 0 aliphatic heterocycles. The summed E-state index contributed by atoms with van der Waals surface area (Å²) in [6, 6.07) is 64.6. The Bertz CT molecular complexity index is 3050. The fourth-order valence-corrected chi connectivity index (χ4v) is 10.1.